The zero-order chi connectivity index (χ0) is 20.4. The Kier molecular flexibility index (Phi) is 7.83. The molecule has 0 bridgehead atoms. The highest BCUT2D eigenvalue weighted by Gasteiger charge is 2.10. The highest BCUT2D eigenvalue weighted by Crippen LogP contribution is 2.25. The molecule has 148 valence electrons. The number of carbonyl (C=O) groups excluding carboxylic acids is 3. The van der Waals surface area contributed by atoms with Crippen LogP contribution in [0, 0.1) is 0 Å². The van der Waals surface area contributed by atoms with E-state index in [1.165, 1.54) is 14.2 Å². The van der Waals surface area contributed by atoms with Gasteiger partial charge in [-0.15, -0.1) is 0 Å². The molecule has 0 aliphatic heterocycles. The second-order valence-electron chi connectivity index (χ2n) is 5.61. The average Bonchev–Trinajstić information content (AvgIpc) is 2.72. The Bertz CT molecular complexity index is 820. The SMILES string of the molecule is CNC(=O)c1ccc(NC(=O)COC(=O)CCOc2ccccc2OC)cc1. The number of methoxy groups -OCH3 is 1. The lowest BCUT2D eigenvalue weighted by Crippen LogP contribution is -2.22. The van der Waals surface area contributed by atoms with Crippen molar-refractivity contribution < 1.29 is 28.6 Å². The molecule has 0 fully saturated rings. The number of rotatable bonds is 9. The monoisotopic (exact) mass is 386 g/mol. The molecule has 0 saturated heterocycles. The summed E-state index contributed by atoms with van der Waals surface area (Å²) in [5.41, 5.74) is 0.968. The molecule has 0 unspecified atom stereocenters. The van der Waals surface area contributed by atoms with Gasteiger partial charge in [-0.3, -0.25) is 14.4 Å². The van der Waals surface area contributed by atoms with Gasteiger partial charge in [-0.05, 0) is 36.4 Å². The van der Waals surface area contributed by atoms with E-state index in [9.17, 15) is 14.4 Å². The third kappa shape index (κ3) is 6.31. The fraction of sp³-hybridized carbons (Fsp3) is 0.250. The van der Waals surface area contributed by atoms with Crippen molar-refractivity contribution in [2.45, 2.75) is 6.42 Å². The summed E-state index contributed by atoms with van der Waals surface area (Å²) in [4.78, 5) is 35.1. The zero-order valence-electron chi connectivity index (χ0n) is 15.7. The summed E-state index contributed by atoms with van der Waals surface area (Å²) in [6.07, 6.45) is -0.00778. The van der Waals surface area contributed by atoms with E-state index in [-0.39, 0.29) is 18.9 Å². The molecular formula is C20H22N2O6. The van der Waals surface area contributed by atoms with Gasteiger partial charge < -0.3 is 24.8 Å². The molecule has 28 heavy (non-hydrogen) atoms. The summed E-state index contributed by atoms with van der Waals surface area (Å²) in [6, 6.07) is 13.4. The summed E-state index contributed by atoms with van der Waals surface area (Å²) in [7, 11) is 3.06. The fourth-order valence-corrected chi connectivity index (χ4v) is 2.25. The fourth-order valence-electron chi connectivity index (χ4n) is 2.25. The standard InChI is InChI=1S/C20H22N2O6/c1-21-20(25)14-7-9-15(10-8-14)22-18(23)13-28-19(24)11-12-27-17-6-4-3-5-16(17)26-2/h3-10H,11-13H2,1-2H3,(H,21,25)(H,22,23). The predicted molar refractivity (Wildman–Crippen MR) is 103 cm³/mol. The van der Waals surface area contributed by atoms with Gasteiger partial charge >= 0.3 is 5.97 Å². The molecule has 8 nitrogen and oxygen atoms in total. The van der Waals surface area contributed by atoms with Crippen LogP contribution >= 0.6 is 0 Å². The van der Waals surface area contributed by atoms with Crippen LogP contribution in [-0.2, 0) is 14.3 Å². The van der Waals surface area contributed by atoms with Crippen molar-refractivity contribution in [2.75, 3.05) is 32.7 Å². The van der Waals surface area contributed by atoms with Gasteiger partial charge in [0.15, 0.2) is 18.1 Å². The molecule has 0 saturated carbocycles. The number of anilines is 1. The van der Waals surface area contributed by atoms with Gasteiger partial charge in [0.2, 0.25) is 0 Å². The smallest absolute Gasteiger partial charge is 0.309 e. The number of carbonyl (C=O) groups is 3. The second kappa shape index (κ2) is 10.6. The van der Waals surface area contributed by atoms with Crippen molar-refractivity contribution in [2.24, 2.45) is 0 Å². The van der Waals surface area contributed by atoms with Gasteiger partial charge in [0.25, 0.3) is 11.8 Å². The molecule has 0 aromatic heterocycles. The topological polar surface area (TPSA) is 103 Å². The Morgan fingerprint density at radius 2 is 1.64 bits per heavy atom. The van der Waals surface area contributed by atoms with E-state index in [2.05, 4.69) is 10.6 Å². The number of nitrogens with one attached hydrogen (secondary N) is 2. The number of amides is 2. The van der Waals surface area contributed by atoms with Crippen LogP contribution in [0.3, 0.4) is 0 Å². The Hall–Kier alpha value is -3.55. The van der Waals surface area contributed by atoms with E-state index >= 15 is 0 Å². The van der Waals surface area contributed by atoms with Gasteiger partial charge in [-0.1, -0.05) is 12.1 Å². The van der Waals surface area contributed by atoms with Gasteiger partial charge in [0.05, 0.1) is 20.1 Å². The molecular weight excluding hydrogens is 364 g/mol. The minimum absolute atomic E-state index is 0.00778. The van der Waals surface area contributed by atoms with Crippen molar-refractivity contribution in [1.29, 1.82) is 0 Å². The molecule has 0 aliphatic rings. The number of hydrogen-bond donors (Lipinski definition) is 2. The number of esters is 1. The van der Waals surface area contributed by atoms with Crippen LogP contribution in [0.25, 0.3) is 0 Å². The van der Waals surface area contributed by atoms with Crippen molar-refractivity contribution in [3.63, 3.8) is 0 Å². The van der Waals surface area contributed by atoms with Crippen molar-refractivity contribution in [3.8, 4) is 11.5 Å². The van der Waals surface area contributed by atoms with E-state index < -0.39 is 18.5 Å². The van der Waals surface area contributed by atoms with E-state index in [0.29, 0.717) is 22.7 Å². The molecule has 0 heterocycles. The average molecular weight is 386 g/mol. The molecule has 2 N–H and O–H groups in total. The third-order valence-electron chi connectivity index (χ3n) is 3.65. The maximum atomic E-state index is 11.9. The van der Waals surface area contributed by atoms with Gasteiger partial charge in [-0.2, -0.15) is 0 Å². The van der Waals surface area contributed by atoms with Crippen LogP contribution < -0.4 is 20.1 Å². The maximum Gasteiger partial charge on any atom is 0.309 e. The van der Waals surface area contributed by atoms with Crippen LogP contribution in [0.15, 0.2) is 48.5 Å². The first-order valence-corrected chi connectivity index (χ1v) is 8.57. The Morgan fingerprint density at radius 3 is 2.29 bits per heavy atom. The molecule has 2 amide bonds. The lowest BCUT2D eigenvalue weighted by Gasteiger charge is -2.10. The summed E-state index contributed by atoms with van der Waals surface area (Å²) >= 11 is 0. The first-order chi connectivity index (χ1) is 13.5. The summed E-state index contributed by atoms with van der Waals surface area (Å²) < 4.78 is 15.6. The minimum Gasteiger partial charge on any atom is -0.493 e. The molecule has 0 atom stereocenters. The highest BCUT2D eigenvalue weighted by molar-refractivity contribution is 5.96. The maximum absolute atomic E-state index is 11.9. The minimum atomic E-state index is -0.556. The van der Waals surface area contributed by atoms with Crippen molar-refractivity contribution in [3.05, 3.63) is 54.1 Å². The van der Waals surface area contributed by atoms with E-state index in [1.807, 2.05) is 6.07 Å². The van der Waals surface area contributed by atoms with Crippen LogP contribution in [0.4, 0.5) is 5.69 Å². The van der Waals surface area contributed by atoms with Crippen LogP contribution in [-0.4, -0.2) is 45.2 Å². The molecule has 8 heteroatoms. The Balaban J connectivity index is 1.70. The largest absolute Gasteiger partial charge is 0.493 e. The lowest BCUT2D eigenvalue weighted by atomic mass is 10.2. The van der Waals surface area contributed by atoms with Crippen LogP contribution in [0.1, 0.15) is 16.8 Å². The van der Waals surface area contributed by atoms with E-state index in [4.69, 9.17) is 14.2 Å². The first kappa shape index (κ1) is 20.8. The predicted octanol–water partition coefficient (Wildman–Crippen LogP) is 2.01. The lowest BCUT2D eigenvalue weighted by molar-refractivity contribution is -0.147. The quantitative estimate of drug-likeness (QED) is 0.639. The summed E-state index contributed by atoms with van der Waals surface area (Å²) in [5, 5.41) is 5.09. The number of para-hydroxylation sites is 2. The normalized spacial score (nSPS) is 9.93. The van der Waals surface area contributed by atoms with Crippen LogP contribution in [0.2, 0.25) is 0 Å². The zero-order valence-corrected chi connectivity index (χ0v) is 15.7. The molecule has 2 rings (SSSR count). The van der Waals surface area contributed by atoms with Gasteiger partial charge in [-0.25, -0.2) is 0 Å². The van der Waals surface area contributed by atoms with Gasteiger partial charge in [0, 0.05) is 18.3 Å². The van der Waals surface area contributed by atoms with Crippen molar-refractivity contribution in [1.82, 2.24) is 5.32 Å². The van der Waals surface area contributed by atoms with Crippen LogP contribution in [0.5, 0.6) is 11.5 Å². The summed E-state index contributed by atoms with van der Waals surface area (Å²) in [5.74, 6) is -0.165. The highest BCUT2D eigenvalue weighted by atomic mass is 16.5. The third-order valence-corrected chi connectivity index (χ3v) is 3.65. The molecule has 0 spiro atoms. The molecule has 0 radical (unpaired) electrons. The Labute approximate surface area is 162 Å². The second-order valence-corrected chi connectivity index (χ2v) is 5.61. The molecule has 0 aliphatic carbocycles. The number of ether oxygens (including phenoxy) is 3. The summed E-state index contributed by atoms with van der Waals surface area (Å²) in [6.45, 7) is -0.313. The molecule has 2 aromatic carbocycles. The van der Waals surface area contributed by atoms with E-state index in [1.54, 1.807) is 42.5 Å². The van der Waals surface area contributed by atoms with Crippen molar-refractivity contribution >= 4 is 23.5 Å². The Morgan fingerprint density at radius 1 is 0.964 bits per heavy atom. The number of benzene rings is 2. The molecule has 2 aromatic rings. The first-order valence-electron chi connectivity index (χ1n) is 8.57. The van der Waals surface area contributed by atoms with E-state index in [0.717, 1.165) is 0 Å². The van der Waals surface area contributed by atoms with Gasteiger partial charge in [0.1, 0.15) is 0 Å². The number of hydrogen-bond acceptors (Lipinski definition) is 6.